The van der Waals surface area contributed by atoms with E-state index in [1.807, 2.05) is 6.92 Å². The monoisotopic (exact) mass is 379 g/mol. The average Bonchev–Trinajstić information content (AvgIpc) is 2.60. The lowest BCUT2D eigenvalue weighted by Gasteiger charge is -2.47. The van der Waals surface area contributed by atoms with E-state index in [1.54, 1.807) is 0 Å². The number of rotatable bonds is 6. The Bertz CT molecular complexity index is 444. The molecule has 0 radical (unpaired) electrons. The van der Waals surface area contributed by atoms with Crippen LogP contribution in [-0.4, -0.2) is 99.2 Å². The highest BCUT2D eigenvalue weighted by Gasteiger charge is 2.49. The molecule has 0 bridgehead atoms. The number of hydrogen-bond donors (Lipinski definition) is 8. The van der Waals surface area contributed by atoms with Gasteiger partial charge in [0.05, 0.1) is 18.2 Å². The molecule has 26 heavy (non-hydrogen) atoms. The third kappa shape index (κ3) is 4.53. The van der Waals surface area contributed by atoms with Crippen molar-refractivity contribution in [2.75, 3.05) is 6.54 Å². The minimum atomic E-state index is -1.38. The Hall–Kier alpha value is -0.400. The smallest absolute Gasteiger partial charge is 0.176 e. The summed E-state index contributed by atoms with van der Waals surface area (Å²) >= 11 is 0. The van der Waals surface area contributed by atoms with Gasteiger partial charge in [0.15, 0.2) is 6.29 Å². The largest absolute Gasteiger partial charge is 0.391 e. The quantitative estimate of drug-likeness (QED) is 0.229. The fourth-order valence-corrected chi connectivity index (χ4v) is 3.55. The highest BCUT2D eigenvalue weighted by molar-refractivity contribution is 5.00. The van der Waals surface area contributed by atoms with Crippen molar-refractivity contribution in [2.24, 2.45) is 11.5 Å². The first-order valence-corrected chi connectivity index (χ1v) is 9.14. The molecule has 10 heteroatoms. The highest BCUT2D eigenvalue weighted by atomic mass is 16.7. The number of aliphatic hydroxyl groups is 5. The number of hydrogen-bond acceptors (Lipinski definition) is 10. The van der Waals surface area contributed by atoms with Crippen LogP contribution in [0.5, 0.6) is 0 Å². The van der Waals surface area contributed by atoms with E-state index in [-0.39, 0.29) is 6.04 Å². The summed E-state index contributed by atoms with van der Waals surface area (Å²) in [6, 6.07) is -2.07. The van der Waals surface area contributed by atoms with Crippen LogP contribution in [0.1, 0.15) is 26.7 Å². The molecule has 2 fully saturated rings. The van der Waals surface area contributed by atoms with Gasteiger partial charge in [-0.15, -0.1) is 0 Å². The second kappa shape index (κ2) is 9.20. The van der Waals surface area contributed by atoms with Gasteiger partial charge in [0, 0.05) is 12.1 Å². The summed E-state index contributed by atoms with van der Waals surface area (Å²) in [4.78, 5) is 0. The molecule has 0 aromatic rings. The van der Waals surface area contributed by atoms with Crippen LogP contribution in [0.2, 0.25) is 0 Å². The first-order valence-electron chi connectivity index (χ1n) is 9.14. The molecule has 154 valence electrons. The van der Waals surface area contributed by atoms with E-state index in [9.17, 15) is 25.5 Å². The highest BCUT2D eigenvalue weighted by Crippen LogP contribution is 2.28. The standard InChI is InChI=1S/C16H33N3O7/c1-3-4-19-8-5-7(17)15(12(23)10(8)21)26-16-9(18)11(22)13(24)14(25-16)6(2)20/h6-16,19-24H,3-5,17-18H2,1-2H3. The van der Waals surface area contributed by atoms with Crippen molar-refractivity contribution in [3.63, 3.8) is 0 Å². The second-order valence-corrected chi connectivity index (χ2v) is 7.31. The predicted molar refractivity (Wildman–Crippen MR) is 91.9 cm³/mol. The molecule has 11 atom stereocenters. The van der Waals surface area contributed by atoms with E-state index in [0.29, 0.717) is 13.0 Å². The molecule has 1 heterocycles. The first kappa shape index (κ1) is 21.9. The Labute approximate surface area is 153 Å². The van der Waals surface area contributed by atoms with E-state index in [4.69, 9.17) is 20.9 Å². The normalized spacial score (nSPS) is 48.3. The summed E-state index contributed by atoms with van der Waals surface area (Å²) < 4.78 is 11.2. The summed E-state index contributed by atoms with van der Waals surface area (Å²) in [6.07, 6.45) is -8.23. The molecular weight excluding hydrogens is 346 g/mol. The van der Waals surface area contributed by atoms with Gasteiger partial charge in [-0.2, -0.15) is 0 Å². The predicted octanol–water partition coefficient (Wildman–Crippen LogP) is -3.65. The fraction of sp³-hybridized carbons (Fsp3) is 1.00. The molecule has 0 amide bonds. The summed E-state index contributed by atoms with van der Waals surface area (Å²) in [5.74, 6) is 0. The summed E-state index contributed by atoms with van der Waals surface area (Å²) in [5, 5.41) is 53.7. The van der Waals surface area contributed by atoms with Gasteiger partial charge in [-0.05, 0) is 26.3 Å². The van der Waals surface area contributed by atoms with Crippen LogP contribution >= 0.6 is 0 Å². The van der Waals surface area contributed by atoms with E-state index in [1.165, 1.54) is 6.92 Å². The molecule has 10 N–H and O–H groups in total. The van der Waals surface area contributed by atoms with Gasteiger partial charge in [0.25, 0.3) is 0 Å². The molecule has 2 rings (SSSR count). The maximum Gasteiger partial charge on any atom is 0.176 e. The molecule has 10 nitrogen and oxygen atoms in total. The minimum Gasteiger partial charge on any atom is -0.391 e. The molecule has 1 saturated carbocycles. The van der Waals surface area contributed by atoms with Crippen molar-refractivity contribution < 1.29 is 35.0 Å². The van der Waals surface area contributed by atoms with Crippen LogP contribution in [0.25, 0.3) is 0 Å². The molecule has 1 saturated heterocycles. The second-order valence-electron chi connectivity index (χ2n) is 7.31. The molecule has 0 spiro atoms. The lowest BCUT2D eigenvalue weighted by molar-refractivity contribution is -0.301. The summed E-state index contributed by atoms with van der Waals surface area (Å²) in [5.41, 5.74) is 12.0. The molecule has 0 aromatic carbocycles. The van der Waals surface area contributed by atoms with Crippen molar-refractivity contribution in [1.82, 2.24) is 5.32 Å². The van der Waals surface area contributed by atoms with Crippen LogP contribution in [0.3, 0.4) is 0 Å². The Morgan fingerprint density at radius 3 is 2.35 bits per heavy atom. The average molecular weight is 379 g/mol. The summed E-state index contributed by atoms with van der Waals surface area (Å²) in [6.45, 7) is 4.08. The van der Waals surface area contributed by atoms with Gasteiger partial charge < -0.3 is 51.8 Å². The Balaban J connectivity index is 2.06. The van der Waals surface area contributed by atoms with Crippen LogP contribution < -0.4 is 16.8 Å². The van der Waals surface area contributed by atoms with Crippen LogP contribution in [0.15, 0.2) is 0 Å². The minimum absolute atomic E-state index is 0.363. The maximum atomic E-state index is 10.4. The summed E-state index contributed by atoms with van der Waals surface area (Å²) in [7, 11) is 0. The number of nitrogens with one attached hydrogen (secondary N) is 1. The van der Waals surface area contributed by atoms with Gasteiger partial charge in [0.1, 0.15) is 30.5 Å². The maximum absolute atomic E-state index is 10.4. The zero-order valence-electron chi connectivity index (χ0n) is 15.2. The molecular formula is C16H33N3O7. The van der Waals surface area contributed by atoms with E-state index >= 15 is 0 Å². The molecule has 11 unspecified atom stereocenters. The zero-order valence-corrected chi connectivity index (χ0v) is 15.2. The van der Waals surface area contributed by atoms with E-state index in [2.05, 4.69) is 5.32 Å². The number of ether oxygens (including phenoxy) is 2. The lowest BCUT2D eigenvalue weighted by Crippen LogP contribution is -2.68. The molecule has 1 aliphatic heterocycles. The third-order valence-corrected chi connectivity index (χ3v) is 5.16. The Morgan fingerprint density at radius 1 is 1.12 bits per heavy atom. The van der Waals surface area contributed by atoms with Crippen molar-refractivity contribution >= 4 is 0 Å². The fourth-order valence-electron chi connectivity index (χ4n) is 3.55. The Kier molecular flexibility index (Phi) is 7.74. The molecule has 1 aliphatic carbocycles. The van der Waals surface area contributed by atoms with Crippen molar-refractivity contribution in [3.05, 3.63) is 0 Å². The van der Waals surface area contributed by atoms with Crippen molar-refractivity contribution in [2.45, 2.75) is 93.8 Å². The van der Waals surface area contributed by atoms with Crippen molar-refractivity contribution in [1.29, 1.82) is 0 Å². The number of aliphatic hydroxyl groups excluding tert-OH is 5. The van der Waals surface area contributed by atoms with Gasteiger partial charge in [-0.25, -0.2) is 0 Å². The zero-order chi connectivity index (χ0) is 19.6. The first-order chi connectivity index (χ1) is 12.2. The van der Waals surface area contributed by atoms with Gasteiger partial charge in [-0.3, -0.25) is 0 Å². The molecule has 2 aliphatic rings. The Morgan fingerprint density at radius 2 is 1.77 bits per heavy atom. The third-order valence-electron chi connectivity index (χ3n) is 5.16. The van der Waals surface area contributed by atoms with Crippen LogP contribution in [0.4, 0.5) is 0 Å². The molecule has 0 aromatic heterocycles. The SMILES string of the molecule is CCCNC1CC(N)C(OC2OC(C(C)O)C(O)C(O)C2N)C(O)C1O. The van der Waals surface area contributed by atoms with Crippen LogP contribution in [0, 0.1) is 0 Å². The van der Waals surface area contributed by atoms with Gasteiger partial charge in [0.2, 0.25) is 0 Å². The van der Waals surface area contributed by atoms with E-state index < -0.39 is 61.1 Å². The lowest BCUT2D eigenvalue weighted by atomic mass is 9.84. The van der Waals surface area contributed by atoms with Gasteiger partial charge >= 0.3 is 0 Å². The number of nitrogens with two attached hydrogens (primary N) is 2. The van der Waals surface area contributed by atoms with E-state index in [0.717, 1.165) is 6.42 Å². The van der Waals surface area contributed by atoms with Crippen molar-refractivity contribution in [3.8, 4) is 0 Å². The van der Waals surface area contributed by atoms with Gasteiger partial charge in [-0.1, -0.05) is 6.92 Å². The topological polar surface area (TPSA) is 184 Å². The van der Waals surface area contributed by atoms with Crippen LogP contribution in [-0.2, 0) is 9.47 Å².